The predicted octanol–water partition coefficient (Wildman–Crippen LogP) is 0.0380. The highest BCUT2D eigenvalue weighted by Crippen LogP contribution is 2.23. The summed E-state index contributed by atoms with van der Waals surface area (Å²) in [5, 5.41) is 5.73. The smallest absolute Gasteiger partial charge is 0.264 e. The van der Waals surface area contributed by atoms with E-state index < -0.39 is 15.6 Å². The number of hydrogen-bond donors (Lipinski definition) is 3. The summed E-state index contributed by atoms with van der Waals surface area (Å²) >= 11 is 0. The molecule has 0 amide bonds. The van der Waals surface area contributed by atoms with Crippen LogP contribution in [0.4, 0.5) is 5.82 Å². The number of aromatic amines is 1. The van der Waals surface area contributed by atoms with Crippen LogP contribution in [0.5, 0.6) is 5.75 Å². The minimum absolute atomic E-state index is 0.0136. The van der Waals surface area contributed by atoms with Gasteiger partial charge in [-0.15, -0.1) is 0 Å². The summed E-state index contributed by atoms with van der Waals surface area (Å²) in [5.74, 6) is 0.526. The van der Waals surface area contributed by atoms with Crippen LogP contribution in [0.3, 0.4) is 0 Å². The summed E-state index contributed by atoms with van der Waals surface area (Å²) in [4.78, 5) is 10.9. The Morgan fingerprint density at radius 3 is 2.67 bits per heavy atom. The largest absolute Gasteiger partial charge is 0.496 e. The number of rotatable bonds is 5. The molecule has 0 spiro atoms. The molecule has 4 N–H and O–H groups in total. The van der Waals surface area contributed by atoms with Crippen molar-refractivity contribution in [3.63, 3.8) is 0 Å². The first-order valence-corrected chi connectivity index (χ1v) is 7.40. The first-order valence-electron chi connectivity index (χ1n) is 5.92. The second kappa shape index (κ2) is 5.94. The second-order valence-corrected chi connectivity index (χ2v) is 5.77. The third-order valence-electron chi connectivity index (χ3n) is 2.70. The number of hydrogen-bond acceptors (Lipinski definition) is 6. The lowest BCUT2D eigenvalue weighted by molar-refractivity contribution is 0.409. The van der Waals surface area contributed by atoms with Gasteiger partial charge in [-0.1, -0.05) is 0 Å². The fraction of sp³-hybridized carbons (Fsp3) is 0.167. The minimum Gasteiger partial charge on any atom is -0.496 e. The Morgan fingerprint density at radius 2 is 2.10 bits per heavy atom. The molecule has 1 aromatic heterocycles. The topological polar surface area (TPSA) is 127 Å². The Hall–Kier alpha value is -2.39. The van der Waals surface area contributed by atoms with Gasteiger partial charge in [-0.25, -0.2) is 13.5 Å². The third kappa shape index (κ3) is 3.38. The van der Waals surface area contributed by atoms with Gasteiger partial charge in [-0.2, -0.15) is 5.10 Å². The number of ether oxygens (including phenoxy) is 1. The standard InChI is InChI=1S/C12H14N4O4S/c1-20-10-3-2-9(6-8(10)7-13)21(18,19)16-11-4-5-12(17)15-14-11/h2-6H,7,13H2,1H3,(H,14,16)(H,15,17). The molecule has 21 heavy (non-hydrogen) atoms. The number of nitrogens with two attached hydrogens (primary N) is 1. The number of aromatic nitrogens is 2. The molecule has 1 heterocycles. The fourth-order valence-electron chi connectivity index (χ4n) is 1.68. The first kappa shape index (κ1) is 15.0. The fourth-order valence-corrected chi connectivity index (χ4v) is 2.73. The van der Waals surface area contributed by atoms with Crippen molar-refractivity contribution in [3.05, 3.63) is 46.2 Å². The molecule has 2 aromatic rings. The molecule has 2 rings (SSSR count). The normalized spacial score (nSPS) is 11.1. The van der Waals surface area contributed by atoms with Crippen LogP contribution in [0.2, 0.25) is 0 Å². The van der Waals surface area contributed by atoms with Gasteiger partial charge in [0.2, 0.25) is 0 Å². The molecule has 0 saturated carbocycles. The van der Waals surface area contributed by atoms with E-state index >= 15 is 0 Å². The molecule has 1 aromatic carbocycles. The van der Waals surface area contributed by atoms with Crippen molar-refractivity contribution in [1.82, 2.24) is 10.2 Å². The number of anilines is 1. The van der Waals surface area contributed by atoms with Gasteiger partial charge < -0.3 is 10.5 Å². The van der Waals surface area contributed by atoms with Crippen molar-refractivity contribution < 1.29 is 13.2 Å². The zero-order valence-corrected chi connectivity index (χ0v) is 12.0. The number of methoxy groups -OCH3 is 1. The van der Waals surface area contributed by atoms with Crippen molar-refractivity contribution in [3.8, 4) is 5.75 Å². The Kier molecular flexibility index (Phi) is 4.24. The molecular weight excluding hydrogens is 296 g/mol. The Labute approximate surface area is 121 Å². The van der Waals surface area contributed by atoms with Crippen LogP contribution in [0.15, 0.2) is 40.0 Å². The van der Waals surface area contributed by atoms with E-state index in [4.69, 9.17) is 10.5 Å². The van der Waals surface area contributed by atoms with Gasteiger partial charge >= 0.3 is 0 Å². The molecule has 0 aliphatic carbocycles. The molecule has 0 saturated heterocycles. The quantitative estimate of drug-likeness (QED) is 0.715. The first-order chi connectivity index (χ1) is 9.96. The number of H-pyrrole nitrogens is 1. The third-order valence-corrected chi connectivity index (χ3v) is 4.05. The van der Waals surface area contributed by atoms with E-state index in [9.17, 15) is 13.2 Å². The maximum absolute atomic E-state index is 12.2. The van der Waals surface area contributed by atoms with E-state index in [1.807, 2.05) is 0 Å². The molecule has 0 fully saturated rings. The van der Waals surface area contributed by atoms with Crippen LogP contribution in [0.25, 0.3) is 0 Å². The van der Waals surface area contributed by atoms with Crippen LogP contribution in [0.1, 0.15) is 5.56 Å². The highest BCUT2D eigenvalue weighted by Gasteiger charge is 2.17. The van der Waals surface area contributed by atoms with E-state index in [-0.39, 0.29) is 17.3 Å². The lowest BCUT2D eigenvalue weighted by Gasteiger charge is -2.10. The van der Waals surface area contributed by atoms with E-state index in [0.717, 1.165) is 0 Å². The van der Waals surface area contributed by atoms with Gasteiger partial charge in [0, 0.05) is 18.2 Å². The van der Waals surface area contributed by atoms with E-state index in [1.54, 1.807) is 0 Å². The lowest BCUT2D eigenvalue weighted by atomic mass is 10.2. The highest BCUT2D eigenvalue weighted by atomic mass is 32.2. The molecule has 9 heteroatoms. The summed E-state index contributed by atoms with van der Waals surface area (Å²) < 4.78 is 31.8. The summed E-state index contributed by atoms with van der Waals surface area (Å²) in [5.41, 5.74) is 5.70. The van der Waals surface area contributed by atoms with Gasteiger partial charge in [0.05, 0.1) is 12.0 Å². The van der Waals surface area contributed by atoms with Crippen molar-refractivity contribution >= 4 is 15.8 Å². The van der Waals surface area contributed by atoms with Gasteiger partial charge in [-0.05, 0) is 24.3 Å². The predicted molar refractivity (Wildman–Crippen MR) is 76.6 cm³/mol. The molecule has 0 atom stereocenters. The van der Waals surface area contributed by atoms with E-state index in [1.165, 1.54) is 37.4 Å². The monoisotopic (exact) mass is 310 g/mol. The molecule has 112 valence electrons. The zero-order valence-electron chi connectivity index (χ0n) is 11.2. The highest BCUT2D eigenvalue weighted by molar-refractivity contribution is 7.92. The molecule has 0 aliphatic heterocycles. The average molecular weight is 310 g/mol. The van der Waals surface area contributed by atoms with Crippen molar-refractivity contribution in [2.45, 2.75) is 11.4 Å². The molecule has 0 bridgehead atoms. The molecule has 8 nitrogen and oxygen atoms in total. The molecule has 0 aliphatic rings. The Bertz CT molecular complexity index is 781. The Balaban J connectivity index is 2.35. The maximum atomic E-state index is 12.2. The van der Waals surface area contributed by atoms with Crippen LogP contribution in [-0.4, -0.2) is 25.7 Å². The van der Waals surface area contributed by atoms with Crippen molar-refractivity contribution in [2.24, 2.45) is 5.73 Å². The number of benzene rings is 1. The van der Waals surface area contributed by atoms with E-state index in [0.29, 0.717) is 11.3 Å². The second-order valence-electron chi connectivity index (χ2n) is 4.09. The Morgan fingerprint density at radius 1 is 1.33 bits per heavy atom. The maximum Gasteiger partial charge on any atom is 0.264 e. The lowest BCUT2D eigenvalue weighted by Crippen LogP contribution is -2.17. The van der Waals surface area contributed by atoms with Gasteiger partial charge in [-0.3, -0.25) is 9.52 Å². The number of sulfonamides is 1. The van der Waals surface area contributed by atoms with Crippen LogP contribution >= 0.6 is 0 Å². The summed E-state index contributed by atoms with van der Waals surface area (Å²) in [6, 6.07) is 6.78. The SMILES string of the molecule is COc1ccc(S(=O)(=O)Nc2ccc(=O)[nH]n2)cc1CN. The molecule has 0 radical (unpaired) electrons. The summed E-state index contributed by atoms with van der Waals surface area (Å²) in [6.07, 6.45) is 0. The van der Waals surface area contributed by atoms with Crippen molar-refractivity contribution in [2.75, 3.05) is 11.8 Å². The molecule has 0 unspecified atom stereocenters. The van der Waals surface area contributed by atoms with Crippen LogP contribution < -0.4 is 20.8 Å². The van der Waals surface area contributed by atoms with Crippen LogP contribution in [-0.2, 0) is 16.6 Å². The summed E-state index contributed by atoms with van der Waals surface area (Å²) in [6.45, 7) is 0.142. The summed E-state index contributed by atoms with van der Waals surface area (Å²) in [7, 11) is -2.35. The van der Waals surface area contributed by atoms with Crippen molar-refractivity contribution in [1.29, 1.82) is 0 Å². The molecular formula is C12H14N4O4S. The number of nitrogens with one attached hydrogen (secondary N) is 2. The zero-order chi connectivity index (χ0) is 15.5. The van der Waals surface area contributed by atoms with Gasteiger partial charge in [0.15, 0.2) is 5.82 Å². The van der Waals surface area contributed by atoms with Crippen LogP contribution in [0, 0.1) is 0 Å². The van der Waals surface area contributed by atoms with E-state index in [2.05, 4.69) is 14.9 Å². The van der Waals surface area contributed by atoms with Gasteiger partial charge in [0.25, 0.3) is 15.6 Å². The minimum atomic E-state index is -3.83. The average Bonchev–Trinajstić information content (AvgIpc) is 2.48. The number of nitrogens with zero attached hydrogens (tertiary/aromatic N) is 1. The van der Waals surface area contributed by atoms with Gasteiger partial charge in [0.1, 0.15) is 5.75 Å².